The Bertz CT molecular complexity index is 735. The van der Waals surface area contributed by atoms with Crippen LogP contribution in [0.1, 0.15) is 5.56 Å². The Labute approximate surface area is 136 Å². The van der Waals surface area contributed by atoms with Crippen LogP contribution in [0, 0.1) is 5.82 Å². The minimum atomic E-state index is -0.503. The highest BCUT2D eigenvalue weighted by atomic mass is 35.5. The van der Waals surface area contributed by atoms with Crippen molar-refractivity contribution in [1.82, 2.24) is 0 Å². The molecule has 6 heteroatoms. The van der Waals surface area contributed by atoms with Crippen molar-refractivity contribution in [2.24, 2.45) is 0 Å². The molecule has 0 unspecified atom stereocenters. The van der Waals surface area contributed by atoms with Crippen LogP contribution in [0.25, 0.3) is 0 Å². The van der Waals surface area contributed by atoms with E-state index in [1.807, 2.05) is 0 Å². The zero-order chi connectivity index (χ0) is 15.7. The van der Waals surface area contributed by atoms with Crippen LogP contribution in [0.15, 0.2) is 48.5 Å². The predicted molar refractivity (Wildman–Crippen MR) is 85.8 cm³/mol. The largest absolute Gasteiger partial charge is 0.293 e. The number of carbonyl (C=O) groups is 2. The summed E-state index contributed by atoms with van der Waals surface area (Å²) in [5.41, 5.74) is 1.28. The quantitative estimate of drug-likeness (QED) is 0.839. The monoisotopic (exact) mass is 335 g/mol. The number of rotatable bonds is 3. The molecule has 22 heavy (non-hydrogen) atoms. The van der Waals surface area contributed by atoms with E-state index in [4.69, 9.17) is 11.6 Å². The first kappa shape index (κ1) is 15.1. The van der Waals surface area contributed by atoms with Crippen LogP contribution < -0.4 is 4.90 Å². The van der Waals surface area contributed by atoms with Crippen molar-refractivity contribution in [1.29, 1.82) is 0 Å². The molecule has 0 saturated carbocycles. The summed E-state index contributed by atoms with van der Waals surface area (Å²) < 4.78 is 12.9. The van der Waals surface area contributed by atoms with Crippen molar-refractivity contribution in [3.05, 3.63) is 64.9 Å². The molecule has 1 fully saturated rings. The molecule has 0 aliphatic carbocycles. The highest BCUT2D eigenvalue weighted by Crippen LogP contribution is 2.34. The second-order valence-corrected chi connectivity index (χ2v) is 6.45. The molecule has 0 N–H and O–H groups in total. The normalized spacial score (nSPS) is 18.1. The van der Waals surface area contributed by atoms with Gasteiger partial charge in [0.1, 0.15) is 5.82 Å². The molecule has 0 spiro atoms. The van der Waals surface area contributed by atoms with E-state index in [2.05, 4.69) is 0 Å². The number of amides is 2. The van der Waals surface area contributed by atoms with Gasteiger partial charge in [-0.25, -0.2) is 9.29 Å². The maximum Gasteiger partial charge on any atom is 0.293 e. The van der Waals surface area contributed by atoms with E-state index in [1.165, 1.54) is 12.1 Å². The molecule has 2 aromatic rings. The van der Waals surface area contributed by atoms with Gasteiger partial charge in [-0.1, -0.05) is 41.6 Å². The van der Waals surface area contributed by atoms with Gasteiger partial charge >= 0.3 is 0 Å². The average Bonchev–Trinajstić information content (AvgIpc) is 2.76. The van der Waals surface area contributed by atoms with Crippen molar-refractivity contribution in [3.8, 4) is 0 Å². The summed E-state index contributed by atoms with van der Waals surface area (Å²) in [7, 11) is 0. The Morgan fingerprint density at radius 3 is 2.55 bits per heavy atom. The van der Waals surface area contributed by atoms with Crippen LogP contribution >= 0.6 is 23.4 Å². The van der Waals surface area contributed by atoms with Crippen LogP contribution in [-0.2, 0) is 11.2 Å². The molecule has 1 heterocycles. The van der Waals surface area contributed by atoms with Gasteiger partial charge < -0.3 is 0 Å². The van der Waals surface area contributed by atoms with Crippen molar-refractivity contribution in [2.45, 2.75) is 11.7 Å². The molecule has 1 aliphatic rings. The van der Waals surface area contributed by atoms with Gasteiger partial charge in [-0.3, -0.25) is 9.59 Å². The topological polar surface area (TPSA) is 37.4 Å². The maximum atomic E-state index is 12.9. The molecule has 1 saturated heterocycles. The van der Waals surface area contributed by atoms with Crippen LogP contribution in [0.4, 0.5) is 14.9 Å². The molecule has 2 amide bonds. The number of thioether (sulfide) groups is 1. The van der Waals surface area contributed by atoms with Gasteiger partial charge in [-0.05, 0) is 42.3 Å². The lowest BCUT2D eigenvalue weighted by molar-refractivity contribution is -0.117. The number of hydrogen-bond acceptors (Lipinski definition) is 3. The fourth-order valence-corrected chi connectivity index (χ4v) is 3.48. The minimum Gasteiger partial charge on any atom is -0.273 e. The Balaban J connectivity index is 1.81. The number of benzene rings is 2. The van der Waals surface area contributed by atoms with Gasteiger partial charge in [0, 0.05) is 5.02 Å². The first-order chi connectivity index (χ1) is 10.5. The molecular weight excluding hydrogens is 325 g/mol. The smallest absolute Gasteiger partial charge is 0.273 e. The summed E-state index contributed by atoms with van der Waals surface area (Å²) >= 11 is 6.89. The minimum absolute atomic E-state index is 0.276. The van der Waals surface area contributed by atoms with Gasteiger partial charge in [0.05, 0.1) is 10.9 Å². The SMILES string of the molecule is O=C1S[C@@H](Cc2ccc(F)cc2)C(=O)N1c1cccc(Cl)c1. The summed E-state index contributed by atoms with van der Waals surface area (Å²) in [6.45, 7) is 0. The lowest BCUT2D eigenvalue weighted by Crippen LogP contribution is -2.32. The van der Waals surface area contributed by atoms with E-state index in [1.54, 1.807) is 36.4 Å². The second kappa shape index (κ2) is 6.10. The van der Waals surface area contributed by atoms with Crippen LogP contribution in [0.3, 0.4) is 0 Å². The average molecular weight is 336 g/mol. The van der Waals surface area contributed by atoms with E-state index < -0.39 is 5.25 Å². The van der Waals surface area contributed by atoms with Crippen molar-refractivity contribution < 1.29 is 14.0 Å². The molecule has 3 rings (SSSR count). The number of hydrogen-bond donors (Lipinski definition) is 0. The Morgan fingerprint density at radius 1 is 1.14 bits per heavy atom. The third-order valence-corrected chi connectivity index (χ3v) is 4.59. The third-order valence-electron chi connectivity index (χ3n) is 3.32. The molecule has 1 atom stereocenters. The van der Waals surface area contributed by atoms with Crippen molar-refractivity contribution >= 4 is 40.2 Å². The summed E-state index contributed by atoms with van der Waals surface area (Å²) in [5.74, 6) is -0.604. The Morgan fingerprint density at radius 2 is 1.86 bits per heavy atom. The van der Waals surface area contributed by atoms with E-state index in [-0.39, 0.29) is 17.0 Å². The van der Waals surface area contributed by atoms with E-state index in [0.29, 0.717) is 17.1 Å². The molecule has 1 aliphatic heterocycles. The molecular formula is C16H11ClFNO2S. The Kier molecular flexibility index (Phi) is 4.18. The molecule has 0 aromatic heterocycles. The van der Waals surface area contributed by atoms with E-state index >= 15 is 0 Å². The molecule has 0 bridgehead atoms. The molecule has 0 radical (unpaired) electrons. The highest BCUT2D eigenvalue weighted by molar-refractivity contribution is 8.15. The van der Waals surface area contributed by atoms with Gasteiger partial charge in [-0.2, -0.15) is 0 Å². The van der Waals surface area contributed by atoms with Gasteiger partial charge in [-0.15, -0.1) is 0 Å². The zero-order valence-electron chi connectivity index (χ0n) is 11.3. The predicted octanol–water partition coefficient (Wildman–Crippen LogP) is 4.29. The summed E-state index contributed by atoms with van der Waals surface area (Å²) in [6, 6.07) is 12.5. The van der Waals surface area contributed by atoms with Crippen molar-refractivity contribution in [2.75, 3.05) is 4.90 Å². The zero-order valence-corrected chi connectivity index (χ0v) is 12.9. The fourth-order valence-electron chi connectivity index (χ4n) is 2.27. The molecule has 2 aromatic carbocycles. The number of halogens is 2. The van der Waals surface area contributed by atoms with E-state index in [0.717, 1.165) is 22.2 Å². The number of carbonyl (C=O) groups excluding carboxylic acids is 2. The van der Waals surface area contributed by atoms with Gasteiger partial charge in [0.25, 0.3) is 5.24 Å². The number of nitrogens with zero attached hydrogens (tertiary/aromatic N) is 1. The number of anilines is 1. The third kappa shape index (κ3) is 3.00. The van der Waals surface area contributed by atoms with Crippen LogP contribution in [0.2, 0.25) is 5.02 Å². The van der Waals surface area contributed by atoms with Crippen LogP contribution in [0.5, 0.6) is 0 Å². The molecule has 3 nitrogen and oxygen atoms in total. The Hall–Kier alpha value is -1.85. The van der Waals surface area contributed by atoms with Gasteiger partial charge in [0.2, 0.25) is 5.91 Å². The summed E-state index contributed by atoms with van der Waals surface area (Å²) in [6.07, 6.45) is 0.382. The summed E-state index contributed by atoms with van der Waals surface area (Å²) in [5, 5.41) is -0.360. The fraction of sp³-hybridized carbons (Fsp3) is 0.125. The van der Waals surface area contributed by atoms with Gasteiger partial charge in [0.15, 0.2) is 0 Å². The maximum absolute atomic E-state index is 12.9. The number of imide groups is 1. The lowest BCUT2D eigenvalue weighted by atomic mass is 10.1. The van der Waals surface area contributed by atoms with Crippen LogP contribution in [-0.4, -0.2) is 16.4 Å². The second-order valence-electron chi connectivity index (χ2n) is 4.86. The van der Waals surface area contributed by atoms with E-state index in [9.17, 15) is 14.0 Å². The van der Waals surface area contributed by atoms with Crippen molar-refractivity contribution in [3.63, 3.8) is 0 Å². The first-order valence-electron chi connectivity index (χ1n) is 6.59. The first-order valence-corrected chi connectivity index (χ1v) is 7.85. The highest BCUT2D eigenvalue weighted by Gasteiger charge is 2.40. The molecule has 112 valence electrons. The summed E-state index contributed by atoms with van der Waals surface area (Å²) in [4.78, 5) is 25.7. The lowest BCUT2D eigenvalue weighted by Gasteiger charge is -2.14. The standard InChI is InChI=1S/C16H11ClFNO2S/c17-11-2-1-3-13(9-11)19-15(20)14(22-16(19)21)8-10-4-6-12(18)7-5-10/h1-7,9,14H,8H2/t14-/m0/s1.